The summed E-state index contributed by atoms with van der Waals surface area (Å²) in [5, 5.41) is 16.9. The molecule has 152 valence electrons. The maximum Gasteiger partial charge on any atom is 0.294 e. The number of benzene rings is 1. The molecule has 1 heterocycles. The van der Waals surface area contributed by atoms with Gasteiger partial charge in [0.2, 0.25) is 0 Å². The zero-order valence-electron chi connectivity index (χ0n) is 15.4. The summed E-state index contributed by atoms with van der Waals surface area (Å²) in [7, 11) is -4.02. The van der Waals surface area contributed by atoms with Crippen molar-refractivity contribution in [2.45, 2.75) is 25.2 Å². The summed E-state index contributed by atoms with van der Waals surface area (Å²) in [6, 6.07) is 7.59. The molecule has 0 saturated heterocycles. The average molecular weight is 410 g/mol. The van der Waals surface area contributed by atoms with Gasteiger partial charge in [0.25, 0.3) is 15.8 Å². The number of anilines is 1. The highest BCUT2D eigenvalue weighted by Gasteiger charge is 2.11. The van der Waals surface area contributed by atoms with Gasteiger partial charge < -0.3 is 16.9 Å². The average Bonchev–Trinajstić information content (AvgIpc) is 2.61. The number of amidine groups is 1. The topological polar surface area (TPSA) is 187 Å². The van der Waals surface area contributed by atoms with Gasteiger partial charge >= 0.3 is 0 Å². The number of hydrazone groups is 1. The molecule has 1 aromatic heterocycles. The molecule has 6 N–H and O–H groups in total. The fraction of sp³-hybridized carbons (Fsp3) is 0.250. The quantitative estimate of drug-likeness (QED) is 0.137. The lowest BCUT2D eigenvalue weighted by atomic mass is 10.2. The zero-order chi connectivity index (χ0) is 21.3. The molecule has 0 aliphatic rings. The smallest absolute Gasteiger partial charge is 0.294 e. The highest BCUT2D eigenvalue weighted by atomic mass is 32.2. The fourth-order valence-electron chi connectivity index (χ4n) is 1.93. The standard InChI is InChI=1S/C9H14N6O2.C7H8O3S/c1-6-4-9(12-3-2-8(10)14-11)13-5-7(6)15(16)17;1-6-2-4-7(5-3-6)11(8,9)10/h4-5H,2-3,11H2,1H3,(H2,10,14)(H,12,13);2-5H,1H3,(H,8,9,10). The first-order chi connectivity index (χ1) is 13.0. The van der Waals surface area contributed by atoms with Crippen molar-refractivity contribution in [1.82, 2.24) is 4.98 Å². The Kier molecular flexibility index (Phi) is 8.29. The van der Waals surface area contributed by atoms with Crippen molar-refractivity contribution in [3.63, 3.8) is 0 Å². The Hall–Kier alpha value is -3.25. The molecule has 0 bridgehead atoms. The number of rotatable bonds is 6. The Balaban J connectivity index is 0.000000307. The van der Waals surface area contributed by atoms with E-state index < -0.39 is 15.0 Å². The van der Waals surface area contributed by atoms with Crippen LogP contribution in [0.15, 0.2) is 46.5 Å². The van der Waals surface area contributed by atoms with E-state index in [1.54, 1.807) is 25.1 Å². The van der Waals surface area contributed by atoms with Crippen molar-refractivity contribution in [3.8, 4) is 0 Å². The summed E-state index contributed by atoms with van der Waals surface area (Å²) in [6.45, 7) is 4.01. The van der Waals surface area contributed by atoms with Gasteiger partial charge in [-0.2, -0.15) is 13.5 Å². The van der Waals surface area contributed by atoms with Crippen LogP contribution in [0.3, 0.4) is 0 Å². The predicted molar refractivity (Wildman–Crippen MR) is 106 cm³/mol. The van der Waals surface area contributed by atoms with Crippen molar-refractivity contribution in [3.05, 3.63) is 57.8 Å². The molecule has 0 unspecified atom stereocenters. The molecule has 1 aromatic carbocycles. The van der Waals surface area contributed by atoms with Crippen molar-refractivity contribution in [2.24, 2.45) is 16.7 Å². The predicted octanol–water partition coefficient (Wildman–Crippen LogP) is 1.57. The van der Waals surface area contributed by atoms with E-state index in [4.69, 9.17) is 16.1 Å². The number of nitrogens with zero attached hydrogens (tertiary/aromatic N) is 3. The molecule has 0 saturated carbocycles. The van der Waals surface area contributed by atoms with Gasteiger partial charge in [-0.1, -0.05) is 17.7 Å². The minimum Gasteiger partial charge on any atom is -0.386 e. The number of pyridine rings is 1. The van der Waals surface area contributed by atoms with Gasteiger partial charge in [0.1, 0.15) is 17.9 Å². The number of aryl methyl sites for hydroxylation is 2. The van der Waals surface area contributed by atoms with Crippen LogP contribution in [-0.4, -0.2) is 35.3 Å². The number of nitrogens with one attached hydrogen (secondary N) is 1. The Morgan fingerprint density at radius 1 is 1.32 bits per heavy atom. The summed E-state index contributed by atoms with van der Waals surface area (Å²) in [4.78, 5) is 14.0. The second-order valence-corrected chi connectivity index (χ2v) is 7.12. The van der Waals surface area contributed by atoms with Gasteiger partial charge in [0.05, 0.1) is 9.82 Å². The van der Waals surface area contributed by atoms with Crippen LogP contribution >= 0.6 is 0 Å². The molecule has 0 radical (unpaired) electrons. The van der Waals surface area contributed by atoms with Gasteiger partial charge in [-0.05, 0) is 32.0 Å². The number of aromatic nitrogens is 1. The largest absolute Gasteiger partial charge is 0.386 e. The summed E-state index contributed by atoms with van der Waals surface area (Å²) in [5.41, 5.74) is 6.91. The zero-order valence-corrected chi connectivity index (χ0v) is 16.2. The molecule has 0 atom stereocenters. The molecule has 11 nitrogen and oxygen atoms in total. The number of hydrogen-bond acceptors (Lipinski definition) is 8. The fourth-order valence-corrected chi connectivity index (χ4v) is 2.41. The maximum atomic E-state index is 10.6. The number of hydrogen-bond donors (Lipinski definition) is 4. The van der Waals surface area contributed by atoms with Crippen LogP contribution in [0.5, 0.6) is 0 Å². The van der Waals surface area contributed by atoms with Crippen molar-refractivity contribution in [1.29, 1.82) is 0 Å². The summed E-state index contributed by atoms with van der Waals surface area (Å²) >= 11 is 0. The minimum atomic E-state index is -4.02. The summed E-state index contributed by atoms with van der Waals surface area (Å²) < 4.78 is 29.6. The van der Waals surface area contributed by atoms with E-state index in [1.165, 1.54) is 18.3 Å². The third-order valence-corrected chi connectivity index (χ3v) is 4.32. The van der Waals surface area contributed by atoms with Crippen LogP contribution in [0.25, 0.3) is 0 Å². The first-order valence-corrected chi connectivity index (χ1v) is 9.40. The van der Waals surface area contributed by atoms with Gasteiger partial charge in [0, 0.05) is 18.5 Å². The Bertz CT molecular complexity index is 944. The lowest BCUT2D eigenvalue weighted by Crippen LogP contribution is -2.18. The van der Waals surface area contributed by atoms with E-state index in [9.17, 15) is 18.5 Å². The second-order valence-electron chi connectivity index (χ2n) is 5.70. The van der Waals surface area contributed by atoms with E-state index in [0.29, 0.717) is 30.2 Å². The van der Waals surface area contributed by atoms with Crippen LogP contribution in [0.2, 0.25) is 0 Å². The molecule has 12 heteroatoms. The monoisotopic (exact) mass is 410 g/mol. The summed E-state index contributed by atoms with van der Waals surface area (Å²) in [5.74, 6) is 5.86. The minimum absolute atomic E-state index is 0.00131. The molecule has 0 aliphatic carbocycles. The first kappa shape index (κ1) is 22.8. The molecule has 0 aliphatic heterocycles. The van der Waals surface area contributed by atoms with E-state index in [1.807, 2.05) is 6.92 Å². The van der Waals surface area contributed by atoms with Crippen LogP contribution in [0.1, 0.15) is 17.5 Å². The van der Waals surface area contributed by atoms with Gasteiger partial charge in [-0.15, -0.1) is 0 Å². The maximum absolute atomic E-state index is 10.6. The van der Waals surface area contributed by atoms with Crippen molar-refractivity contribution < 1.29 is 17.9 Å². The third-order valence-electron chi connectivity index (χ3n) is 3.45. The van der Waals surface area contributed by atoms with Gasteiger partial charge in [-0.3, -0.25) is 14.7 Å². The van der Waals surface area contributed by atoms with Crippen LogP contribution in [-0.2, 0) is 10.1 Å². The molecular formula is C16H22N6O5S. The Labute approximate surface area is 162 Å². The number of nitro groups is 1. The number of nitrogens with two attached hydrogens (primary N) is 2. The van der Waals surface area contributed by atoms with E-state index in [-0.39, 0.29) is 10.6 Å². The van der Waals surface area contributed by atoms with Crippen LogP contribution < -0.4 is 16.9 Å². The summed E-state index contributed by atoms with van der Waals surface area (Å²) in [6.07, 6.45) is 1.70. The van der Waals surface area contributed by atoms with E-state index in [0.717, 1.165) is 5.56 Å². The normalized spacial score (nSPS) is 11.3. The van der Waals surface area contributed by atoms with Crippen LogP contribution in [0, 0.1) is 24.0 Å². The Morgan fingerprint density at radius 3 is 2.39 bits per heavy atom. The van der Waals surface area contributed by atoms with E-state index >= 15 is 0 Å². The van der Waals surface area contributed by atoms with Crippen molar-refractivity contribution >= 4 is 27.5 Å². The SMILES string of the molecule is Cc1cc(NCCC(N)=NN)ncc1[N+](=O)[O-].Cc1ccc(S(=O)(=O)O)cc1. The van der Waals surface area contributed by atoms with Crippen molar-refractivity contribution in [2.75, 3.05) is 11.9 Å². The third kappa shape index (κ3) is 7.55. The molecule has 0 amide bonds. The van der Waals surface area contributed by atoms with Gasteiger partial charge in [0.15, 0.2) is 0 Å². The van der Waals surface area contributed by atoms with Crippen LogP contribution in [0.4, 0.5) is 11.5 Å². The van der Waals surface area contributed by atoms with E-state index in [2.05, 4.69) is 15.4 Å². The van der Waals surface area contributed by atoms with Gasteiger partial charge in [-0.25, -0.2) is 4.98 Å². The lowest BCUT2D eigenvalue weighted by molar-refractivity contribution is -0.385. The molecule has 28 heavy (non-hydrogen) atoms. The molecule has 2 rings (SSSR count). The lowest BCUT2D eigenvalue weighted by Gasteiger charge is -2.05. The molecule has 0 fully saturated rings. The highest BCUT2D eigenvalue weighted by Crippen LogP contribution is 2.18. The highest BCUT2D eigenvalue weighted by molar-refractivity contribution is 7.85. The molecule has 2 aromatic rings. The molecule has 0 spiro atoms. The first-order valence-electron chi connectivity index (χ1n) is 7.96. The second kappa shape index (κ2) is 10.2. The molecular weight excluding hydrogens is 388 g/mol. The Morgan fingerprint density at radius 2 is 1.93 bits per heavy atom.